The molecule has 17 heavy (non-hydrogen) atoms. The van der Waals surface area contributed by atoms with Crippen LogP contribution < -0.4 is 11.3 Å². The molecule has 1 heterocycles. The molecule has 90 valence electrons. The molecule has 0 aliphatic rings. The van der Waals surface area contributed by atoms with Crippen molar-refractivity contribution in [2.75, 3.05) is 0 Å². The van der Waals surface area contributed by atoms with Crippen molar-refractivity contribution in [1.29, 1.82) is 0 Å². The quantitative estimate of drug-likeness (QED) is 0.627. The van der Waals surface area contributed by atoms with Crippen molar-refractivity contribution >= 4 is 0 Å². The zero-order valence-corrected chi connectivity index (χ0v) is 10.2. The Balaban J connectivity index is 2.26. The second-order valence-corrected chi connectivity index (χ2v) is 4.48. The minimum Gasteiger partial charge on any atom is -0.472 e. The molecule has 0 saturated carbocycles. The van der Waals surface area contributed by atoms with Gasteiger partial charge in [-0.3, -0.25) is 5.84 Å². The van der Waals surface area contributed by atoms with E-state index in [4.69, 9.17) is 10.3 Å². The predicted molar refractivity (Wildman–Crippen MR) is 68.4 cm³/mol. The first-order chi connectivity index (χ1) is 8.22. The summed E-state index contributed by atoms with van der Waals surface area (Å²) in [7, 11) is 0. The van der Waals surface area contributed by atoms with Gasteiger partial charge in [-0.1, -0.05) is 38.1 Å². The third-order valence-corrected chi connectivity index (χ3v) is 2.98. The monoisotopic (exact) mass is 230 g/mol. The van der Waals surface area contributed by atoms with E-state index in [1.807, 2.05) is 6.07 Å². The lowest BCUT2D eigenvalue weighted by molar-refractivity contribution is 0.553. The summed E-state index contributed by atoms with van der Waals surface area (Å²) < 4.78 is 5.09. The van der Waals surface area contributed by atoms with Gasteiger partial charge in [-0.2, -0.15) is 0 Å². The van der Waals surface area contributed by atoms with Crippen molar-refractivity contribution in [3.05, 3.63) is 59.5 Å². The van der Waals surface area contributed by atoms with Crippen molar-refractivity contribution in [1.82, 2.24) is 5.43 Å². The van der Waals surface area contributed by atoms with Gasteiger partial charge in [0.25, 0.3) is 0 Å². The molecule has 0 spiro atoms. The van der Waals surface area contributed by atoms with Gasteiger partial charge in [0.1, 0.15) is 0 Å². The van der Waals surface area contributed by atoms with Crippen LogP contribution in [-0.2, 0) is 0 Å². The highest BCUT2D eigenvalue weighted by molar-refractivity contribution is 5.32. The summed E-state index contributed by atoms with van der Waals surface area (Å²) in [6, 6.07) is 10.4. The highest BCUT2D eigenvalue weighted by Gasteiger charge is 2.13. The lowest BCUT2D eigenvalue weighted by atomic mass is 9.97. The van der Waals surface area contributed by atoms with Gasteiger partial charge in [-0.25, -0.2) is 5.43 Å². The fraction of sp³-hybridized carbons (Fsp3) is 0.286. The zero-order valence-electron chi connectivity index (χ0n) is 10.2. The van der Waals surface area contributed by atoms with E-state index in [0.29, 0.717) is 5.92 Å². The average molecular weight is 230 g/mol. The molecular formula is C14H18N2O. The van der Waals surface area contributed by atoms with Crippen LogP contribution >= 0.6 is 0 Å². The molecule has 2 aromatic rings. The molecule has 1 unspecified atom stereocenters. The number of hydrogen-bond donors (Lipinski definition) is 2. The largest absolute Gasteiger partial charge is 0.472 e. The van der Waals surface area contributed by atoms with Gasteiger partial charge in [0, 0.05) is 5.56 Å². The van der Waals surface area contributed by atoms with E-state index >= 15 is 0 Å². The first kappa shape index (κ1) is 11.9. The fourth-order valence-electron chi connectivity index (χ4n) is 1.90. The number of benzene rings is 1. The summed E-state index contributed by atoms with van der Waals surface area (Å²) >= 11 is 0. The molecule has 1 atom stereocenters. The predicted octanol–water partition coefficient (Wildman–Crippen LogP) is 2.96. The molecule has 2 rings (SSSR count). The second-order valence-electron chi connectivity index (χ2n) is 4.48. The summed E-state index contributed by atoms with van der Waals surface area (Å²) in [4.78, 5) is 0. The van der Waals surface area contributed by atoms with Gasteiger partial charge in [-0.05, 0) is 23.1 Å². The Bertz CT molecular complexity index is 446. The Hall–Kier alpha value is -1.58. The van der Waals surface area contributed by atoms with E-state index in [9.17, 15) is 0 Å². The van der Waals surface area contributed by atoms with E-state index in [1.54, 1.807) is 12.5 Å². The van der Waals surface area contributed by atoms with Crippen LogP contribution in [0.3, 0.4) is 0 Å². The van der Waals surface area contributed by atoms with Crippen molar-refractivity contribution < 1.29 is 4.42 Å². The number of furan rings is 1. The Morgan fingerprint density at radius 3 is 2.12 bits per heavy atom. The maximum Gasteiger partial charge on any atom is 0.0954 e. The van der Waals surface area contributed by atoms with E-state index < -0.39 is 0 Å². The number of nitrogens with one attached hydrogen (secondary N) is 1. The van der Waals surface area contributed by atoms with E-state index in [2.05, 4.69) is 43.5 Å². The molecule has 0 aliphatic carbocycles. The molecule has 3 nitrogen and oxygen atoms in total. The highest BCUT2D eigenvalue weighted by Crippen LogP contribution is 2.23. The standard InChI is InChI=1S/C14H18N2O/c1-10(2)11-3-5-12(6-4-11)14(16-15)13-7-8-17-9-13/h3-10,14,16H,15H2,1-2H3. The van der Waals surface area contributed by atoms with Crippen LogP contribution in [0.15, 0.2) is 47.3 Å². The molecule has 1 aromatic carbocycles. The minimum absolute atomic E-state index is 0.0186. The number of hydrazine groups is 1. The highest BCUT2D eigenvalue weighted by atomic mass is 16.3. The van der Waals surface area contributed by atoms with Gasteiger partial charge in [0.15, 0.2) is 0 Å². The Kier molecular flexibility index (Phi) is 3.61. The van der Waals surface area contributed by atoms with Gasteiger partial charge in [-0.15, -0.1) is 0 Å². The van der Waals surface area contributed by atoms with Crippen LogP contribution in [0.4, 0.5) is 0 Å². The zero-order chi connectivity index (χ0) is 12.3. The van der Waals surface area contributed by atoms with Crippen LogP contribution in [0.25, 0.3) is 0 Å². The van der Waals surface area contributed by atoms with Crippen LogP contribution in [-0.4, -0.2) is 0 Å². The van der Waals surface area contributed by atoms with E-state index in [1.165, 1.54) is 5.56 Å². The number of hydrogen-bond acceptors (Lipinski definition) is 3. The van der Waals surface area contributed by atoms with E-state index in [0.717, 1.165) is 11.1 Å². The molecule has 3 N–H and O–H groups in total. The summed E-state index contributed by atoms with van der Waals surface area (Å²) in [6.45, 7) is 4.37. The average Bonchev–Trinajstić information content (AvgIpc) is 2.84. The molecule has 0 aliphatic heterocycles. The van der Waals surface area contributed by atoms with Crippen LogP contribution in [0.5, 0.6) is 0 Å². The molecule has 3 heteroatoms. The SMILES string of the molecule is CC(C)c1ccc(C(NN)c2ccoc2)cc1. The molecule has 0 saturated heterocycles. The first-order valence-electron chi connectivity index (χ1n) is 5.80. The van der Waals surface area contributed by atoms with Gasteiger partial charge < -0.3 is 4.42 Å². The van der Waals surface area contributed by atoms with Crippen LogP contribution in [0.2, 0.25) is 0 Å². The van der Waals surface area contributed by atoms with Crippen LogP contribution in [0.1, 0.15) is 42.5 Å². The summed E-state index contributed by atoms with van der Waals surface area (Å²) in [5.41, 5.74) is 6.31. The lowest BCUT2D eigenvalue weighted by Gasteiger charge is -2.15. The van der Waals surface area contributed by atoms with Crippen molar-refractivity contribution in [2.24, 2.45) is 5.84 Å². The fourth-order valence-corrected chi connectivity index (χ4v) is 1.90. The van der Waals surface area contributed by atoms with Crippen molar-refractivity contribution in [3.63, 3.8) is 0 Å². The maximum atomic E-state index is 5.60. The normalized spacial score (nSPS) is 12.9. The molecule has 0 radical (unpaired) electrons. The van der Waals surface area contributed by atoms with Gasteiger partial charge in [0.2, 0.25) is 0 Å². The minimum atomic E-state index is -0.0186. The molecule has 1 aromatic heterocycles. The number of nitrogens with two attached hydrogens (primary N) is 1. The van der Waals surface area contributed by atoms with E-state index in [-0.39, 0.29) is 6.04 Å². The molecule has 0 amide bonds. The molecule has 0 fully saturated rings. The Morgan fingerprint density at radius 2 is 1.65 bits per heavy atom. The maximum absolute atomic E-state index is 5.60. The van der Waals surface area contributed by atoms with Gasteiger partial charge >= 0.3 is 0 Å². The summed E-state index contributed by atoms with van der Waals surface area (Å²) in [5.74, 6) is 6.15. The molecular weight excluding hydrogens is 212 g/mol. The third kappa shape index (κ3) is 2.57. The lowest BCUT2D eigenvalue weighted by Crippen LogP contribution is -2.28. The second kappa shape index (κ2) is 5.17. The summed E-state index contributed by atoms with van der Waals surface area (Å²) in [5, 5.41) is 0. The Morgan fingerprint density at radius 1 is 1.00 bits per heavy atom. The topological polar surface area (TPSA) is 51.2 Å². The first-order valence-corrected chi connectivity index (χ1v) is 5.80. The number of rotatable bonds is 4. The third-order valence-electron chi connectivity index (χ3n) is 2.98. The summed E-state index contributed by atoms with van der Waals surface area (Å²) in [6.07, 6.45) is 3.36. The van der Waals surface area contributed by atoms with Crippen molar-refractivity contribution in [3.8, 4) is 0 Å². The molecule has 0 bridgehead atoms. The van der Waals surface area contributed by atoms with Gasteiger partial charge in [0.05, 0.1) is 18.6 Å². The smallest absolute Gasteiger partial charge is 0.0954 e. The van der Waals surface area contributed by atoms with Crippen LogP contribution in [0, 0.1) is 0 Å². The Labute approximate surface area is 102 Å². The van der Waals surface area contributed by atoms with Crippen molar-refractivity contribution in [2.45, 2.75) is 25.8 Å².